The fourth-order valence-corrected chi connectivity index (χ4v) is 2.43. The summed E-state index contributed by atoms with van der Waals surface area (Å²) in [5.74, 6) is 2.08. The molecule has 126 valence electrons. The minimum atomic E-state index is -0.704. The highest BCUT2D eigenvalue weighted by Gasteiger charge is 2.22. The summed E-state index contributed by atoms with van der Waals surface area (Å²) in [6.07, 6.45) is 7.16. The number of ether oxygens (including phenoxy) is 3. The molecular weight excluding hydrogens is 312 g/mol. The number of allylic oxidation sites excluding steroid dienone is 3. The highest BCUT2D eigenvalue weighted by molar-refractivity contribution is 5.88. The monoisotopic (exact) mass is 330 g/mol. The van der Waals surface area contributed by atoms with E-state index in [4.69, 9.17) is 19.4 Å². The molecule has 1 atom stereocenters. The van der Waals surface area contributed by atoms with Gasteiger partial charge in [-0.15, -0.1) is 0 Å². The third kappa shape index (κ3) is 3.76. The smallest absolute Gasteiger partial charge is 0.342 e. The van der Waals surface area contributed by atoms with Crippen molar-refractivity contribution in [1.29, 1.82) is 0 Å². The van der Waals surface area contributed by atoms with Crippen LogP contribution >= 0.6 is 0 Å². The number of amides is 2. The van der Waals surface area contributed by atoms with Crippen molar-refractivity contribution in [1.82, 2.24) is 5.48 Å². The van der Waals surface area contributed by atoms with Gasteiger partial charge in [0.15, 0.2) is 0 Å². The van der Waals surface area contributed by atoms with Crippen molar-refractivity contribution in [3.05, 3.63) is 59.6 Å². The molecule has 1 unspecified atom stereocenters. The van der Waals surface area contributed by atoms with Crippen LogP contribution in [-0.2, 0) is 9.47 Å². The van der Waals surface area contributed by atoms with Crippen molar-refractivity contribution in [3.63, 3.8) is 0 Å². The molecule has 0 spiro atoms. The predicted molar refractivity (Wildman–Crippen MR) is 86.4 cm³/mol. The summed E-state index contributed by atoms with van der Waals surface area (Å²) >= 11 is 0. The molecule has 24 heavy (non-hydrogen) atoms. The van der Waals surface area contributed by atoms with Gasteiger partial charge in [-0.05, 0) is 42.3 Å². The van der Waals surface area contributed by atoms with Crippen LogP contribution in [0.4, 0.5) is 10.5 Å². The third-order valence-electron chi connectivity index (χ3n) is 3.64. The molecule has 3 N–H and O–H groups in total. The van der Waals surface area contributed by atoms with Crippen molar-refractivity contribution < 1.29 is 24.2 Å². The van der Waals surface area contributed by atoms with Crippen LogP contribution in [0.3, 0.4) is 0 Å². The topological polar surface area (TPSA) is 89.1 Å². The van der Waals surface area contributed by atoms with Gasteiger partial charge in [-0.1, -0.05) is 6.08 Å². The maximum Gasteiger partial charge on any atom is 0.342 e. The normalized spacial score (nSPS) is 19.1. The van der Waals surface area contributed by atoms with E-state index in [-0.39, 0.29) is 6.29 Å². The molecule has 0 saturated carbocycles. The van der Waals surface area contributed by atoms with Gasteiger partial charge in [0.05, 0.1) is 0 Å². The zero-order valence-electron chi connectivity index (χ0n) is 13.1. The number of hydrogen-bond acceptors (Lipinski definition) is 5. The molecule has 2 amide bonds. The maximum absolute atomic E-state index is 11.0. The van der Waals surface area contributed by atoms with Gasteiger partial charge in [0, 0.05) is 25.3 Å². The number of fused-ring (bicyclic) bond motifs is 1. The van der Waals surface area contributed by atoms with E-state index in [0.29, 0.717) is 17.2 Å². The van der Waals surface area contributed by atoms with Crippen molar-refractivity contribution in [3.8, 4) is 5.75 Å². The summed E-state index contributed by atoms with van der Waals surface area (Å²) in [5, 5.41) is 10.9. The number of nitrogens with one attached hydrogen (secondary N) is 2. The van der Waals surface area contributed by atoms with Gasteiger partial charge in [0.2, 0.25) is 6.29 Å². The lowest BCUT2D eigenvalue weighted by molar-refractivity contribution is -0.0938. The van der Waals surface area contributed by atoms with E-state index < -0.39 is 6.03 Å². The lowest BCUT2D eigenvalue weighted by Crippen LogP contribution is -2.24. The number of carbonyl (C=O) groups is 1. The molecule has 3 rings (SSSR count). The Hall–Kier alpha value is -2.77. The van der Waals surface area contributed by atoms with E-state index in [9.17, 15) is 4.79 Å². The average Bonchev–Trinajstić information content (AvgIpc) is 2.62. The second kappa shape index (κ2) is 7.20. The van der Waals surface area contributed by atoms with E-state index in [1.807, 2.05) is 12.2 Å². The second-order valence-electron chi connectivity index (χ2n) is 5.26. The zero-order chi connectivity index (χ0) is 16.9. The largest absolute Gasteiger partial charge is 0.464 e. The minimum absolute atomic E-state index is 0.262. The Bertz CT molecular complexity index is 706. The fourth-order valence-electron chi connectivity index (χ4n) is 2.43. The Kier molecular flexibility index (Phi) is 4.83. The van der Waals surface area contributed by atoms with Crippen LogP contribution < -0.4 is 15.5 Å². The molecule has 1 aromatic rings. The van der Waals surface area contributed by atoms with Gasteiger partial charge in [-0.25, -0.2) is 10.3 Å². The summed E-state index contributed by atoms with van der Waals surface area (Å²) in [4.78, 5) is 11.0. The molecule has 1 aliphatic heterocycles. The zero-order valence-corrected chi connectivity index (χ0v) is 13.1. The molecule has 7 heteroatoms. The van der Waals surface area contributed by atoms with E-state index >= 15 is 0 Å². The quantitative estimate of drug-likeness (QED) is 0.583. The number of carbonyl (C=O) groups excluding carboxylic acids is 1. The summed E-state index contributed by atoms with van der Waals surface area (Å²) in [7, 11) is 1.62. The molecule has 0 aromatic heterocycles. The van der Waals surface area contributed by atoms with Crippen molar-refractivity contribution >= 4 is 11.7 Å². The minimum Gasteiger partial charge on any atom is -0.464 e. The molecule has 0 radical (unpaired) electrons. The Morgan fingerprint density at radius 1 is 1.29 bits per heavy atom. The Balaban J connectivity index is 1.65. The molecule has 0 bridgehead atoms. The SMILES string of the molecule is COC1CC=C2CC=C(Oc3ccc(NC(=O)NO)cc3)C=C2O1. The number of rotatable bonds is 4. The van der Waals surface area contributed by atoms with Gasteiger partial charge >= 0.3 is 6.03 Å². The van der Waals surface area contributed by atoms with Gasteiger partial charge in [-0.2, -0.15) is 0 Å². The molecule has 7 nitrogen and oxygen atoms in total. The van der Waals surface area contributed by atoms with Crippen molar-refractivity contribution in [2.24, 2.45) is 0 Å². The summed E-state index contributed by atoms with van der Waals surface area (Å²) in [6.45, 7) is 0. The Labute approximate surface area is 139 Å². The molecule has 1 heterocycles. The van der Waals surface area contributed by atoms with E-state index in [1.54, 1.807) is 31.4 Å². The highest BCUT2D eigenvalue weighted by Crippen LogP contribution is 2.31. The Morgan fingerprint density at radius 3 is 2.79 bits per heavy atom. The number of hydroxylamine groups is 1. The lowest BCUT2D eigenvalue weighted by atomic mass is 10.0. The highest BCUT2D eigenvalue weighted by atomic mass is 16.7. The number of benzene rings is 1. The van der Waals surface area contributed by atoms with Crippen LogP contribution in [0.5, 0.6) is 5.75 Å². The first-order valence-corrected chi connectivity index (χ1v) is 7.47. The molecule has 1 aromatic carbocycles. The predicted octanol–water partition coefficient (Wildman–Crippen LogP) is 3.07. The molecule has 2 aliphatic rings. The van der Waals surface area contributed by atoms with E-state index in [1.165, 1.54) is 5.48 Å². The maximum atomic E-state index is 11.0. The molecule has 0 saturated heterocycles. The van der Waals surface area contributed by atoms with Crippen LogP contribution in [0, 0.1) is 0 Å². The number of hydrogen-bond donors (Lipinski definition) is 3. The first kappa shape index (κ1) is 16.1. The van der Waals surface area contributed by atoms with Crippen molar-refractivity contribution in [2.75, 3.05) is 12.4 Å². The van der Waals surface area contributed by atoms with Gasteiger partial charge < -0.3 is 19.5 Å². The Morgan fingerprint density at radius 2 is 2.08 bits per heavy atom. The van der Waals surface area contributed by atoms with Gasteiger partial charge in [0.25, 0.3) is 0 Å². The van der Waals surface area contributed by atoms with Crippen LogP contribution in [0.1, 0.15) is 12.8 Å². The molecule has 1 aliphatic carbocycles. The van der Waals surface area contributed by atoms with E-state index in [0.717, 1.165) is 24.2 Å². The average molecular weight is 330 g/mol. The summed E-state index contributed by atoms with van der Waals surface area (Å²) in [6, 6.07) is 6.08. The van der Waals surface area contributed by atoms with Crippen LogP contribution in [0.2, 0.25) is 0 Å². The van der Waals surface area contributed by atoms with Gasteiger partial charge in [-0.3, -0.25) is 5.21 Å². The third-order valence-corrected chi connectivity index (χ3v) is 3.64. The molecule has 0 fully saturated rings. The van der Waals surface area contributed by atoms with Crippen LogP contribution in [0.15, 0.2) is 59.6 Å². The first-order valence-electron chi connectivity index (χ1n) is 7.47. The standard InChI is InChI=1S/C17H18N2O5/c1-22-16-9-3-11-2-6-14(10-15(11)24-16)23-13-7-4-12(5-8-13)18-17(20)19-21/h3-8,10,16,21H,2,9H2,1H3,(H2,18,19,20). The lowest BCUT2D eigenvalue weighted by Gasteiger charge is -2.27. The van der Waals surface area contributed by atoms with Crippen molar-refractivity contribution in [2.45, 2.75) is 19.1 Å². The van der Waals surface area contributed by atoms with Crippen LogP contribution in [-0.4, -0.2) is 24.6 Å². The summed E-state index contributed by atoms with van der Waals surface area (Å²) in [5.41, 5.74) is 3.17. The number of methoxy groups -OCH3 is 1. The number of urea groups is 1. The number of anilines is 1. The van der Waals surface area contributed by atoms with E-state index in [2.05, 4.69) is 11.4 Å². The second-order valence-corrected chi connectivity index (χ2v) is 5.26. The summed E-state index contributed by atoms with van der Waals surface area (Å²) < 4.78 is 16.8. The first-order chi connectivity index (χ1) is 11.7. The fraction of sp³-hybridized carbons (Fsp3) is 0.235. The van der Waals surface area contributed by atoms with Gasteiger partial charge in [0.1, 0.15) is 17.3 Å². The van der Waals surface area contributed by atoms with Crippen LogP contribution in [0.25, 0.3) is 0 Å². The molecular formula is C17H18N2O5.